The van der Waals surface area contributed by atoms with E-state index in [9.17, 15) is 8.39 Å². The van der Waals surface area contributed by atoms with Crippen LogP contribution in [-0.4, -0.2) is 13.2 Å². The Labute approximate surface area is 139 Å². The summed E-state index contributed by atoms with van der Waals surface area (Å²) in [5.41, 5.74) is 0. The van der Waals surface area contributed by atoms with E-state index < -0.39 is 23.2 Å². The summed E-state index contributed by atoms with van der Waals surface area (Å²) in [6, 6.07) is 7.75. The summed E-state index contributed by atoms with van der Waals surface area (Å²) in [7, 11) is -13.7. The molecule has 0 fully saturated rings. The smallest absolute Gasteiger partial charge is 0.419 e. The normalized spacial score (nSPS) is 32.4. The summed E-state index contributed by atoms with van der Waals surface area (Å²) in [4.78, 5) is 0. The second kappa shape index (κ2) is 8.20. The Morgan fingerprint density at radius 3 is 1.75 bits per heavy atom. The molecule has 0 bridgehead atoms. The highest BCUT2D eigenvalue weighted by molar-refractivity contribution is 7.78. The molecule has 3 unspecified atom stereocenters. The van der Waals surface area contributed by atoms with Gasteiger partial charge < -0.3 is 13.6 Å². The molecule has 2 rings (SSSR count). The molecule has 136 valence electrons. The van der Waals surface area contributed by atoms with Crippen molar-refractivity contribution in [3.63, 3.8) is 0 Å². The summed E-state index contributed by atoms with van der Waals surface area (Å²) in [6.45, 7) is 3.31. The molecule has 3 atom stereocenters. The molecule has 0 aliphatic carbocycles. The third-order valence-electron chi connectivity index (χ3n) is 2.55. The Morgan fingerprint density at radius 1 is 0.792 bits per heavy atom. The molecule has 1 aromatic rings. The molecule has 1 aromatic carbocycles. The standard InChI is InChI=1S/C12H19F3N3O3P3/c1-3-10-19-22(13)16-23(14,20-11-4-2)18-24(15,17-22)21-12-8-6-5-7-9-12/h5-9H,3-4,10-11H2,1-2H3. The van der Waals surface area contributed by atoms with E-state index in [0.29, 0.717) is 12.8 Å². The SMILES string of the molecule is CCCOP1(F)=NP(F)(OCCC)=NP(F)(Oc2ccccc2)=N1. The van der Waals surface area contributed by atoms with Crippen LogP contribution in [0.15, 0.2) is 43.9 Å². The van der Waals surface area contributed by atoms with Crippen molar-refractivity contribution in [1.82, 2.24) is 0 Å². The second-order valence-corrected chi connectivity index (χ2v) is 10.4. The van der Waals surface area contributed by atoms with Gasteiger partial charge in [0.05, 0.1) is 13.2 Å². The van der Waals surface area contributed by atoms with E-state index in [0.717, 1.165) is 0 Å². The van der Waals surface area contributed by atoms with Gasteiger partial charge in [0, 0.05) is 0 Å². The molecule has 0 N–H and O–H groups in total. The zero-order valence-electron chi connectivity index (χ0n) is 13.3. The maximum Gasteiger partial charge on any atom is 0.441 e. The molecule has 0 aromatic heterocycles. The van der Waals surface area contributed by atoms with E-state index in [1.165, 1.54) is 12.1 Å². The summed E-state index contributed by atoms with van der Waals surface area (Å²) in [5.74, 6) is 0.0619. The lowest BCUT2D eigenvalue weighted by Crippen LogP contribution is -1.95. The minimum atomic E-state index is -4.65. The summed E-state index contributed by atoms with van der Waals surface area (Å²) >= 11 is 0. The molecule has 0 saturated heterocycles. The molecule has 0 amide bonds. The van der Waals surface area contributed by atoms with E-state index in [-0.39, 0.29) is 19.0 Å². The Kier molecular flexibility index (Phi) is 6.74. The maximum absolute atomic E-state index is 15.0. The molecule has 1 aliphatic rings. The van der Waals surface area contributed by atoms with Crippen molar-refractivity contribution in [2.45, 2.75) is 26.7 Å². The van der Waals surface area contributed by atoms with Crippen LogP contribution in [0.1, 0.15) is 26.7 Å². The third-order valence-corrected chi connectivity index (χ3v) is 9.31. The van der Waals surface area contributed by atoms with Crippen LogP contribution in [0, 0.1) is 0 Å². The fourth-order valence-corrected chi connectivity index (χ4v) is 8.63. The van der Waals surface area contributed by atoms with Crippen molar-refractivity contribution in [2.24, 2.45) is 13.5 Å². The van der Waals surface area contributed by atoms with Gasteiger partial charge in [0.1, 0.15) is 5.75 Å². The van der Waals surface area contributed by atoms with Gasteiger partial charge in [0.2, 0.25) is 0 Å². The van der Waals surface area contributed by atoms with Crippen LogP contribution in [0.3, 0.4) is 0 Å². The van der Waals surface area contributed by atoms with Gasteiger partial charge in [-0.25, -0.2) is 0 Å². The van der Waals surface area contributed by atoms with Crippen molar-refractivity contribution >= 4 is 23.2 Å². The van der Waals surface area contributed by atoms with Gasteiger partial charge in [-0.05, 0) is 25.0 Å². The molecule has 24 heavy (non-hydrogen) atoms. The summed E-state index contributed by atoms with van der Waals surface area (Å²) < 4.78 is 69.3. The maximum atomic E-state index is 15.0. The average molecular weight is 403 g/mol. The highest BCUT2D eigenvalue weighted by Gasteiger charge is 2.42. The fourth-order valence-electron chi connectivity index (χ4n) is 1.63. The monoisotopic (exact) mass is 403 g/mol. The third kappa shape index (κ3) is 5.47. The Bertz CT molecular complexity index is 716. The number of rotatable bonds is 8. The van der Waals surface area contributed by atoms with Crippen LogP contribution in [-0.2, 0) is 9.05 Å². The molecular weight excluding hydrogens is 384 g/mol. The Morgan fingerprint density at radius 2 is 1.25 bits per heavy atom. The summed E-state index contributed by atoms with van der Waals surface area (Å²) in [6.07, 6.45) is 0.886. The van der Waals surface area contributed by atoms with Crippen LogP contribution >= 0.6 is 23.2 Å². The van der Waals surface area contributed by atoms with E-state index in [4.69, 9.17) is 13.6 Å². The van der Waals surface area contributed by atoms with E-state index in [1.807, 2.05) is 0 Å². The van der Waals surface area contributed by atoms with Crippen molar-refractivity contribution in [3.8, 4) is 5.75 Å². The highest BCUT2D eigenvalue weighted by atomic mass is 31.3. The average Bonchev–Trinajstić information content (AvgIpc) is 2.50. The van der Waals surface area contributed by atoms with Crippen LogP contribution < -0.4 is 4.52 Å². The van der Waals surface area contributed by atoms with Gasteiger partial charge in [-0.3, -0.25) is 0 Å². The number of para-hydroxylation sites is 1. The molecule has 6 nitrogen and oxygen atoms in total. The molecule has 0 spiro atoms. The predicted octanol–water partition coefficient (Wildman–Crippen LogP) is 7.68. The first kappa shape index (κ1) is 19.7. The van der Waals surface area contributed by atoms with Crippen LogP contribution in [0.4, 0.5) is 12.6 Å². The first-order valence-corrected chi connectivity index (χ1v) is 11.9. The lowest BCUT2D eigenvalue weighted by molar-refractivity contribution is 0.314. The quantitative estimate of drug-likeness (QED) is 0.418. The number of nitrogens with zero attached hydrogens (tertiary/aromatic N) is 3. The lowest BCUT2D eigenvalue weighted by atomic mass is 10.3. The molecule has 1 aliphatic heterocycles. The van der Waals surface area contributed by atoms with Crippen LogP contribution in [0.2, 0.25) is 0 Å². The summed E-state index contributed by atoms with van der Waals surface area (Å²) in [5, 5.41) is 0. The van der Waals surface area contributed by atoms with Crippen LogP contribution in [0.5, 0.6) is 5.75 Å². The van der Waals surface area contributed by atoms with Gasteiger partial charge >= 0.3 is 23.2 Å². The van der Waals surface area contributed by atoms with Gasteiger partial charge in [-0.15, -0.1) is 17.7 Å². The van der Waals surface area contributed by atoms with Crippen molar-refractivity contribution in [3.05, 3.63) is 30.3 Å². The molecule has 1 heterocycles. The lowest BCUT2D eigenvalue weighted by Gasteiger charge is -2.23. The zero-order chi connectivity index (χ0) is 17.7. The van der Waals surface area contributed by atoms with Gasteiger partial charge in [0.25, 0.3) is 0 Å². The number of hydrogen-bond acceptors (Lipinski definition) is 6. The van der Waals surface area contributed by atoms with Gasteiger partial charge in [-0.2, -0.15) is 8.39 Å². The van der Waals surface area contributed by atoms with E-state index in [2.05, 4.69) is 13.5 Å². The van der Waals surface area contributed by atoms with E-state index >= 15 is 4.20 Å². The molecule has 12 heteroatoms. The number of hydrogen-bond donors (Lipinski definition) is 0. The zero-order valence-corrected chi connectivity index (χ0v) is 15.9. The van der Waals surface area contributed by atoms with Crippen molar-refractivity contribution in [1.29, 1.82) is 0 Å². The largest absolute Gasteiger partial charge is 0.441 e. The Balaban J connectivity index is 2.45. The molecular formula is C12H19F3N3O3P3. The Hall–Kier alpha value is -0.580. The van der Waals surface area contributed by atoms with Gasteiger partial charge in [-0.1, -0.05) is 32.0 Å². The first-order valence-electron chi connectivity index (χ1n) is 7.36. The fraction of sp³-hybridized carbons (Fsp3) is 0.500. The van der Waals surface area contributed by atoms with Gasteiger partial charge in [0.15, 0.2) is 0 Å². The second-order valence-electron chi connectivity index (χ2n) is 4.76. The minimum Gasteiger partial charge on any atom is -0.419 e. The predicted molar refractivity (Wildman–Crippen MR) is 90.9 cm³/mol. The first-order chi connectivity index (χ1) is 11.3. The van der Waals surface area contributed by atoms with Crippen molar-refractivity contribution in [2.75, 3.05) is 13.2 Å². The van der Waals surface area contributed by atoms with E-state index in [1.54, 1.807) is 32.0 Å². The van der Waals surface area contributed by atoms with Crippen LogP contribution in [0.25, 0.3) is 0 Å². The molecule has 0 radical (unpaired) electrons. The number of halogens is 3. The number of benzene rings is 1. The molecule has 0 saturated carbocycles. The minimum absolute atomic E-state index is 0.0619. The highest BCUT2D eigenvalue weighted by Crippen LogP contribution is 2.80. The topological polar surface area (TPSA) is 64.8 Å². The van der Waals surface area contributed by atoms with Crippen molar-refractivity contribution < 1.29 is 26.2 Å².